The zero-order chi connectivity index (χ0) is 19.6. The third-order valence-corrected chi connectivity index (χ3v) is 6.03. The minimum Gasteiger partial charge on any atom is -0.353 e. The number of amides is 2. The van der Waals surface area contributed by atoms with Crippen LogP contribution in [0.1, 0.15) is 55.8 Å². The fourth-order valence-electron chi connectivity index (χ4n) is 4.46. The number of fused-ring (bicyclic) bond motifs is 1. The van der Waals surface area contributed by atoms with Crippen LogP contribution in [-0.2, 0) is 4.79 Å². The number of rotatable bonds is 5. The van der Waals surface area contributed by atoms with Crippen molar-refractivity contribution in [2.24, 2.45) is 11.8 Å². The van der Waals surface area contributed by atoms with Crippen molar-refractivity contribution in [3.8, 4) is 0 Å². The van der Waals surface area contributed by atoms with Crippen LogP contribution in [0.25, 0.3) is 0 Å². The molecular formula is C19H24ClN3O4. The van der Waals surface area contributed by atoms with Crippen LogP contribution >= 0.6 is 11.6 Å². The standard InChI is InChI=1S/C19H24ClN3O4/c1-2-3-11-8-18(24)22-17-9-12(4-6-14(11)17)21-19(25)15-10-13(23(26)27)5-7-16(15)20/h5,7,10-12,14,17H,2-4,6,8-9H2,1H3,(H,21,25)(H,22,24). The molecule has 0 radical (unpaired) electrons. The first-order valence-corrected chi connectivity index (χ1v) is 9.81. The molecule has 1 aliphatic heterocycles. The van der Waals surface area contributed by atoms with Crippen LogP contribution in [0.3, 0.4) is 0 Å². The second-order valence-electron chi connectivity index (χ2n) is 7.50. The zero-order valence-corrected chi connectivity index (χ0v) is 16.0. The number of carbonyl (C=O) groups excluding carboxylic acids is 2. The van der Waals surface area contributed by atoms with Gasteiger partial charge >= 0.3 is 0 Å². The summed E-state index contributed by atoms with van der Waals surface area (Å²) in [7, 11) is 0. The molecule has 1 saturated heterocycles. The molecule has 1 heterocycles. The molecular weight excluding hydrogens is 370 g/mol. The molecule has 4 atom stereocenters. The highest BCUT2D eigenvalue weighted by Gasteiger charge is 2.40. The van der Waals surface area contributed by atoms with Crippen LogP contribution in [0.5, 0.6) is 0 Å². The Morgan fingerprint density at radius 1 is 1.41 bits per heavy atom. The molecule has 27 heavy (non-hydrogen) atoms. The van der Waals surface area contributed by atoms with Gasteiger partial charge in [0.15, 0.2) is 0 Å². The van der Waals surface area contributed by atoms with Gasteiger partial charge < -0.3 is 10.6 Å². The normalized spacial score (nSPS) is 27.4. The van der Waals surface area contributed by atoms with Gasteiger partial charge in [0.05, 0.1) is 15.5 Å². The number of carbonyl (C=O) groups is 2. The summed E-state index contributed by atoms with van der Waals surface area (Å²) in [6.45, 7) is 2.14. The maximum atomic E-state index is 12.6. The summed E-state index contributed by atoms with van der Waals surface area (Å²) in [6.07, 6.45) is 5.16. The summed E-state index contributed by atoms with van der Waals surface area (Å²) in [4.78, 5) is 35.0. The number of hydrogen-bond donors (Lipinski definition) is 2. The number of nitrogens with one attached hydrogen (secondary N) is 2. The van der Waals surface area contributed by atoms with Gasteiger partial charge in [-0.15, -0.1) is 0 Å². The van der Waals surface area contributed by atoms with E-state index in [-0.39, 0.29) is 34.3 Å². The van der Waals surface area contributed by atoms with Gasteiger partial charge in [-0.1, -0.05) is 24.9 Å². The smallest absolute Gasteiger partial charge is 0.270 e. The SMILES string of the molecule is CCCC1CC(=O)NC2CC(NC(=O)c3cc([N+](=O)[O-])ccc3Cl)CCC12. The van der Waals surface area contributed by atoms with Crippen molar-refractivity contribution in [3.63, 3.8) is 0 Å². The molecule has 2 fully saturated rings. The van der Waals surface area contributed by atoms with Gasteiger partial charge in [-0.2, -0.15) is 0 Å². The van der Waals surface area contributed by atoms with Crippen LogP contribution in [0.2, 0.25) is 5.02 Å². The summed E-state index contributed by atoms with van der Waals surface area (Å²) in [6, 6.07) is 3.82. The lowest BCUT2D eigenvalue weighted by molar-refractivity contribution is -0.384. The highest BCUT2D eigenvalue weighted by molar-refractivity contribution is 6.33. The Hall–Kier alpha value is -2.15. The van der Waals surface area contributed by atoms with Crippen molar-refractivity contribution in [3.05, 3.63) is 38.9 Å². The highest BCUT2D eigenvalue weighted by atomic mass is 35.5. The van der Waals surface area contributed by atoms with Crippen LogP contribution in [0, 0.1) is 22.0 Å². The Balaban J connectivity index is 1.67. The van der Waals surface area contributed by atoms with Gasteiger partial charge in [0.25, 0.3) is 11.6 Å². The number of hydrogen-bond acceptors (Lipinski definition) is 4. The molecule has 1 aliphatic carbocycles. The summed E-state index contributed by atoms with van der Waals surface area (Å²) >= 11 is 6.06. The van der Waals surface area contributed by atoms with E-state index in [9.17, 15) is 19.7 Å². The van der Waals surface area contributed by atoms with E-state index < -0.39 is 10.8 Å². The molecule has 1 saturated carbocycles. The molecule has 0 aromatic heterocycles. The van der Waals surface area contributed by atoms with E-state index >= 15 is 0 Å². The number of piperidine rings is 1. The minimum absolute atomic E-state index is 0.0717. The number of nitrogens with zero attached hydrogens (tertiary/aromatic N) is 1. The molecule has 7 nitrogen and oxygen atoms in total. The second-order valence-corrected chi connectivity index (χ2v) is 7.90. The minimum atomic E-state index is -0.552. The third-order valence-electron chi connectivity index (χ3n) is 5.70. The van der Waals surface area contributed by atoms with Gasteiger partial charge in [-0.3, -0.25) is 19.7 Å². The van der Waals surface area contributed by atoms with Crippen LogP contribution < -0.4 is 10.6 Å². The summed E-state index contributed by atoms with van der Waals surface area (Å²) in [5, 5.41) is 17.1. The average molecular weight is 394 g/mol. The van der Waals surface area contributed by atoms with Gasteiger partial charge in [-0.25, -0.2) is 0 Å². The molecule has 146 valence electrons. The Labute approximate surface area is 163 Å². The molecule has 2 N–H and O–H groups in total. The summed E-state index contributed by atoms with van der Waals surface area (Å²) < 4.78 is 0. The van der Waals surface area contributed by atoms with Crippen molar-refractivity contribution >= 4 is 29.1 Å². The van der Waals surface area contributed by atoms with Gasteiger partial charge in [0.2, 0.25) is 5.91 Å². The first-order chi connectivity index (χ1) is 12.9. The maximum Gasteiger partial charge on any atom is 0.270 e. The monoisotopic (exact) mass is 393 g/mol. The predicted octanol–water partition coefficient (Wildman–Crippen LogP) is 3.45. The van der Waals surface area contributed by atoms with E-state index in [2.05, 4.69) is 17.6 Å². The summed E-state index contributed by atoms with van der Waals surface area (Å²) in [5.41, 5.74) is -0.0697. The van der Waals surface area contributed by atoms with Crippen LogP contribution in [0.4, 0.5) is 5.69 Å². The number of non-ortho nitro benzene ring substituents is 1. The fraction of sp³-hybridized carbons (Fsp3) is 0.579. The average Bonchev–Trinajstić information content (AvgIpc) is 2.61. The number of halogens is 1. The maximum absolute atomic E-state index is 12.6. The lowest BCUT2D eigenvalue weighted by atomic mass is 9.70. The molecule has 3 rings (SSSR count). The molecule has 0 bridgehead atoms. The van der Waals surface area contributed by atoms with Crippen LogP contribution in [-0.4, -0.2) is 28.8 Å². The van der Waals surface area contributed by atoms with Crippen molar-refractivity contribution in [1.82, 2.24) is 10.6 Å². The first-order valence-electron chi connectivity index (χ1n) is 9.43. The fourth-order valence-corrected chi connectivity index (χ4v) is 4.66. The van der Waals surface area contributed by atoms with Crippen molar-refractivity contribution in [2.75, 3.05) is 0 Å². The van der Waals surface area contributed by atoms with Crippen molar-refractivity contribution in [2.45, 2.75) is 57.5 Å². The van der Waals surface area contributed by atoms with E-state index in [0.717, 1.165) is 25.7 Å². The second kappa shape index (κ2) is 8.25. The van der Waals surface area contributed by atoms with Crippen molar-refractivity contribution in [1.29, 1.82) is 0 Å². The first kappa shape index (κ1) is 19.6. The molecule has 0 spiro atoms. The summed E-state index contributed by atoms with van der Waals surface area (Å²) in [5.74, 6) is 0.539. The Morgan fingerprint density at radius 3 is 2.89 bits per heavy atom. The molecule has 2 aliphatic rings. The molecule has 1 aromatic rings. The quantitative estimate of drug-likeness (QED) is 0.590. The zero-order valence-electron chi connectivity index (χ0n) is 15.2. The Bertz CT molecular complexity index is 754. The third kappa shape index (κ3) is 4.40. The number of nitro benzene ring substituents is 1. The number of benzene rings is 1. The lowest BCUT2D eigenvalue weighted by Gasteiger charge is -2.44. The van der Waals surface area contributed by atoms with Gasteiger partial charge in [0, 0.05) is 30.6 Å². The van der Waals surface area contributed by atoms with Gasteiger partial charge in [0.1, 0.15) is 0 Å². The molecule has 2 amide bonds. The lowest BCUT2D eigenvalue weighted by Crippen LogP contribution is -2.55. The van der Waals surface area contributed by atoms with Crippen LogP contribution in [0.15, 0.2) is 18.2 Å². The largest absolute Gasteiger partial charge is 0.353 e. The molecule has 4 unspecified atom stereocenters. The van der Waals surface area contributed by atoms with E-state index in [1.807, 2.05) is 0 Å². The topological polar surface area (TPSA) is 101 Å². The van der Waals surface area contributed by atoms with Gasteiger partial charge in [-0.05, 0) is 43.6 Å². The highest BCUT2D eigenvalue weighted by Crippen LogP contribution is 2.37. The molecule has 8 heteroatoms. The Kier molecular flexibility index (Phi) is 5.99. The van der Waals surface area contributed by atoms with E-state index in [0.29, 0.717) is 24.7 Å². The van der Waals surface area contributed by atoms with E-state index in [4.69, 9.17) is 11.6 Å². The Morgan fingerprint density at radius 2 is 2.19 bits per heavy atom. The predicted molar refractivity (Wildman–Crippen MR) is 102 cm³/mol. The molecule has 1 aromatic carbocycles. The van der Waals surface area contributed by atoms with E-state index in [1.165, 1.54) is 18.2 Å². The van der Waals surface area contributed by atoms with E-state index in [1.54, 1.807) is 0 Å². The van der Waals surface area contributed by atoms with Crippen molar-refractivity contribution < 1.29 is 14.5 Å². The number of nitro groups is 1.